The van der Waals surface area contributed by atoms with Crippen molar-refractivity contribution < 1.29 is 4.79 Å². The third kappa shape index (κ3) is 4.18. The Labute approximate surface area is 130 Å². The average molecular weight is 299 g/mol. The van der Waals surface area contributed by atoms with Crippen LogP contribution in [0.1, 0.15) is 20.8 Å². The molecule has 0 saturated heterocycles. The molecule has 116 valence electrons. The molecule has 0 spiro atoms. The van der Waals surface area contributed by atoms with Crippen LogP contribution in [0.4, 0.5) is 22.1 Å². The fourth-order valence-electron chi connectivity index (χ4n) is 2.04. The van der Waals surface area contributed by atoms with Gasteiger partial charge in [0.05, 0.1) is 0 Å². The topological polar surface area (TPSA) is 70.2 Å². The van der Waals surface area contributed by atoms with Crippen LogP contribution in [0, 0.1) is 0 Å². The van der Waals surface area contributed by atoms with Gasteiger partial charge in [-0.2, -0.15) is 0 Å². The molecule has 0 unspecified atom stereocenters. The second-order valence-corrected chi connectivity index (χ2v) is 5.11. The number of anilines is 3. The Hall–Kier alpha value is -2.63. The molecule has 22 heavy (non-hydrogen) atoms. The smallest absolute Gasteiger partial charge is 0.320 e. The number of urea groups is 1. The van der Waals surface area contributed by atoms with Crippen LogP contribution < -0.4 is 15.5 Å². The third-order valence-electron chi connectivity index (χ3n) is 2.97. The lowest BCUT2D eigenvalue weighted by molar-refractivity contribution is 0.250. The molecule has 0 atom stereocenters. The summed E-state index contributed by atoms with van der Waals surface area (Å²) in [6.45, 7) is 6.62. The number of hydrogen-bond donors (Lipinski definition) is 2. The first-order valence-corrected chi connectivity index (χ1v) is 7.34. The number of benzene rings is 1. The maximum atomic E-state index is 11.6. The Balaban J connectivity index is 2.09. The van der Waals surface area contributed by atoms with Crippen LogP contribution in [0.2, 0.25) is 0 Å². The predicted octanol–water partition coefficient (Wildman–Crippen LogP) is 3.16. The van der Waals surface area contributed by atoms with E-state index in [0.717, 1.165) is 18.1 Å². The van der Waals surface area contributed by atoms with Gasteiger partial charge in [0.2, 0.25) is 0 Å². The summed E-state index contributed by atoms with van der Waals surface area (Å²) < 4.78 is 0. The zero-order valence-electron chi connectivity index (χ0n) is 13.1. The number of rotatable bonds is 5. The van der Waals surface area contributed by atoms with Gasteiger partial charge in [-0.25, -0.2) is 4.79 Å². The van der Waals surface area contributed by atoms with E-state index in [9.17, 15) is 4.79 Å². The van der Waals surface area contributed by atoms with Gasteiger partial charge in [-0.05, 0) is 45.0 Å². The van der Waals surface area contributed by atoms with Crippen LogP contribution in [-0.4, -0.2) is 28.8 Å². The summed E-state index contributed by atoms with van der Waals surface area (Å²) in [4.78, 5) is 13.7. The summed E-state index contributed by atoms with van der Waals surface area (Å²) in [7, 11) is 0. The molecule has 1 aromatic carbocycles. The van der Waals surface area contributed by atoms with E-state index in [1.54, 1.807) is 6.07 Å². The number of hydrogen-bond acceptors (Lipinski definition) is 4. The minimum atomic E-state index is -0.285. The number of carbonyl (C=O) groups excluding carboxylic acids is 1. The lowest BCUT2D eigenvalue weighted by Crippen LogP contribution is -2.34. The van der Waals surface area contributed by atoms with Crippen molar-refractivity contribution >= 4 is 23.4 Å². The zero-order chi connectivity index (χ0) is 15.9. The summed E-state index contributed by atoms with van der Waals surface area (Å²) in [5.41, 5.74) is 1.05. The fourth-order valence-corrected chi connectivity index (χ4v) is 2.04. The maximum absolute atomic E-state index is 11.6. The molecular weight excluding hydrogens is 278 g/mol. The van der Waals surface area contributed by atoms with Gasteiger partial charge in [0.15, 0.2) is 11.6 Å². The van der Waals surface area contributed by atoms with Crippen LogP contribution in [0.25, 0.3) is 0 Å². The summed E-state index contributed by atoms with van der Waals surface area (Å²) in [6.07, 6.45) is 0. The average Bonchev–Trinajstić information content (AvgIpc) is 2.50. The molecule has 0 fully saturated rings. The molecule has 6 heteroatoms. The van der Waals surface area contributed by atoms with E-state index in [1.807, 2.05) is 55.1 Å². The molecule has 0 aliphatic carbocycles. The van der Waals surface area contributed by atoms with E-state index in [1.165, 1.54) is 0 Å². The lowest BCUT2D eigenvalue weighted by Gasteiger charge is -2.21. The van der Waals surface area contributed by atoms with Crippen LogP contribution in [0.3, 0.4) is 0 Å². The molecule has 0 bridgehead atoms. The summed E-state index contributed by atoms with van der Waals surface area (Å²) >= 11 is 0. The van der Waals surface area contributed by atoms with E-state index in [4.69, 9.17) is 0 Å². The van der Waals surface area contributed by atoms with Crippen molar-refractivity contribution in [3.8, 4) is 0 Å². The Morgan fingerprint density at radius 2 is 1.86 bits per heavy atom. The quantitative estimate of drug-likeness (QED) is 0.889. The number of nitrogens with zero attached hydrogens (tertiary/aromatic N) is 3. The lowest BCUT2D eigenvalue weighted by atomic mass is 10.3. The fraction of sp³-hybridized carbons (Fsp3) is 0.312. The van der Waals surface area contributed by atoms with E-state index < -0.39 is 0 Å². The number of carbonyl (C=O) groups is 1. The molecule has 1 aromatic heterocycles. The van der Waals surface area contributed by atoms with Gasteiger partial charge >= 0.3 is 6.03 Å². The van der Waals surface area contributed by atoms with E-state index in [2.05, 4.69) is 27.8 Å². The van der Waals surface area contributed by atoms with Crippen LogP contribution in [-0.2, 0) is 0 Å². The highest BCUT2D eigenvalue weighted by atomic mass is 16.2. The zero-order valence-corrected chi connectivity index (χ0v) is 13.1. The Bertz CT molecular complexity index is 598. The molecule has 2 aromatic rings. The van der Waals surface area contributed by atoms with Gasteiger partial charge in [0.25, 0.3) is 0 Å². The summed E-state index contributed by atoms with van der Waals surface area (Å²) in [6, 6.07) is 13.4. The normalized spacial score (nSPS) is 10.4. The Kier molecular flexibility index (Phi) is 5.30. The van der Waals surface area contributed by atoms with Gasteiger partial charge in [-0.15, -0.1) is 10.2 Å². The van der Waals surface area contributed by atoms with E-state index in [0.29, 0.717) is 5.82 Å². The van der Waals surface area contributed by atoms with Crippen molar-refractivity contribution in [2.75, 3.05) is 16.8 Å². The minimum absolute atomic E-state index is 0.0703. The monoisotopic (exact) mass is 299 g/mol. The molecule has 2 rings (SSSR count). The van der Waals surface area contributed by atoms with Gasteiger partial charge < -0.3 is 10.2 Å². The first kappa shape index (κ1) is 15.8. The van der Waals surface area contributed by atoms with Gasteiger partial charge in [0.1, 0.15) is 0 Å². The Morgan fingerprint density at radius 3 is 2.41 bits per heavy atom. The van der Waals surface area contributed by atoms with Gasteiger partial charge in [-0.3, -0.25) is 5.32 Å². The number of amides is 2. The second kappa shape index (κ2) is 7.40. The number of para-hydroxylation sites is 1. The Morgan fingerprint density at radius 1 is 1.14 bits per heavy atom. The number of nitrogens with one attached hydrogen (secondary N) is 2. The molecule has 0 aliphatic rings. The standard InChI is InChI=1S/C16H21N5O/c1-4-21(13-8-6-5-7-9-13)15-11-10-14(19-20-15)18-16(22)17-12(2)3/h5-12H,4H2,1-3H3,(H2,17,18,19,22). The van der Waals surface area contributed by atoms with E-state index >= 15 is 0 Å². The molecular formula is C16H21N5O. The van der Waals surface area contributed by atoms with Gasteiger partial charge in [0, 0.05) is 18.3 Å². The van der Waals surface area contributed by atoms with Crippen molar-refractivity contribution in [2.45, 2.75) is 26.8 Å². The SMILES string of the molecule is CCN(c1ccccc1)c1ccc(NC(=O)NC(C)C)nn1. The first-order chi connectivity index (χ1) is 10.6. The highest BCUT2D eigenvalue weighted by Gasteiger charge is 2.10. The second-order valence-electron chi connectivity index (χ2n) is 5.11. The minimum Gasteiger partial charge on any atom is -0.336 e. The van der Waals surface area contributed by atoms with Crippen LogP contribution in [0.5, 0.6) is 0 Å². The highest BCUT2D eigenvalue weighted by Crippen LogP contribution is 2.22. The van der Waals surface area contributed by atoms with Crippen molar-refractivity contribution in [1.29, 1.82) is 0 Å². The van der Waals surface area contributed by atoms with Crippen molar-refractivity contribution in [3.05, 3.63) is 42.5 Å². The molecule has 2 amide bonds. The largest absolute Gasteiger partial charge is 0.336 e. The van der Waals surface area contributed by atoms with Crippen molar-refractivity contribution in [1.82, 2.24) is 15.5 Å². The van der Waals surface area contributed by atoms with Crippen LogP contribution >= 0.6 is 0 Å². The van der Waals surface area contributed by atoms with E-state index in [-0.39, 0.29) is 12.1 Å². The predicted molar refractivity (Wildman–Crippen MR) is 88.4 cm³/mol. The summed E-state index contributed by atoms with van der Waals surface area (Å²) in [5.74, 6) is 1.16. The molecule has 2 N–H and O–H groups in total. The molecule has 0 aliphatic heterocycles. The maximum Gasteiger partial charge on any atom is 0.320 e. The molecule has 0 radical (unpaired) electrons. The molecule has 6 nitrogen and oxygen atoms in total. The molecule has 0 saturated carbocycles. The van der Waals surface area contributed by atoms with Crippen molar-refractivity contribution in [2.24, 2.45) is 0 Å². The van der Waals surface area contributed by atoms with Crippen LogP contribution in [0.15, 0.2) is 42.5 Å². The van der Waals surface area contributed by atoms with Gasteiger partial charge in [-0.1, -0.05) is 18.2 Å². The number of aromatic nitrogens is 2. The molecule has 1 heterocycles. The highest BCUT2D eigenvalue weighted by molar-refractivity contribution is 5.88. The van der Waals surface area contributed by atoms with Crippen molar-refractivity contribution in [3.63, 3.8) is 0 Å². The summed E-state index contributed by atoms with van der Waals surface area (Å²) in [5, 5.41) is 13.6. The third-order valence-corrected chi connectivity index (χ3v) is 2.97. The first-order valence-electron chi connectivity index (χ1n) is 7.34.